The molecule has 72 valence electrons. The molecule has 0 spiro atoms. The van der Waals surface area contributed by atoms with Crippen LogP contribution in [0.2, 0.25) is 0 Å². The molecule has 1 aromatic carbocycles. The Morgan fingerprint density at radius 2 is 2.21 bits per heavy atom. The van der Waals surface area contributed by atoms with Crippen molar-refractivity contribution in [1.29, 1.82) is 5.41 Å². The van der Waals surface area contributed by atoms with E-state index < -0.39 is 0 Å². The smallest absolute Gasteiger partial charge is 0.0950 e. The minimum atomic E-state index is 0.209. The molecule has 0 unspecified atom stereocenters. The van der Waals surface area contributed by atoms with E-state index in [1.807, 2.05) is 19.3 Å². The number of rotatable bonds is 2. The van der Waals surface area contributed by atoms with Gasteiger partial charge >= 0.3 is 0 Å². The molecule has 1 heterocycles. The second-order valence-corrected chi connectivity index (χ2v) is 3.52. The van der Waals surface area contributed by atoms with E-state index in [0.29, 0.717) is 6.42 Å². The summed E-state index contributed by atoms with van der Waals surface area (Å²) in [6, 6.07) is 8.23. The first-order chi connectivity index (χ1) is 6.66. The van der Waals surface area contributed by atoms with Crippen LogP contribution in [0.3, 0.4) is 0 Å². The molecule has 0 amide bonds. The van der Waals surface area contributed by atoms with Crippen LogP contribution in [0.1, 0.15) is 5.56 Å². The summed E-state index contributed by atoms with van der Waals surface area (Å²) in [4.78, 5) is 0. The Bertz CT molecular complexity index is 482. The first kappa shape index (κ1) is 8.81. The van der Waals surface area contributed by atoms with E-state index >= 15 is 0 Å². The van der Waals surface area contributed by atoms with Crippen molar-refractivity contribution in [3.8, 4) is 0 Å². The Balaban J connectivity index is 2.46. The van der Waals surface area contributed by atoms with Gasteiger partial charge in [-0.3, -0.25) is 5.41 Å². The van der Waals surface area contributed by atoms with Crippen LogP contribution in [-0.2, 0) is 13.5 Å². The third-order valence-electron chi connectivity index (χ3n) is 2.34. The molecular formula is C11H13N3. The zero-order valence-electron chi connectivity index (χ0n) is 8.12. The highest BCUT2D eigenvalue weighted by atomic mass is 14.9. The molecule has 1 aromatic heterocycles. The zero-order chi connectivity index (χ0) is 10.1. The molecule has 0 aliphatic rings. The maximum Gasteiger partial charge on any atom is 0.0950 e. The molecule has 0 saturated carbocycles. The summed E-state index contributed by atoms with van der Waals surface area (Å²) in [6.45, 7) is 0. The maximum atomic E-state index is 7.22. The van der Waals surface area contributed by atoms with Gasteiger partial charge in [-0.2, -0.15) is 0 Å². The monoisotopic (exact) mass is 187 g/mol. The summed E-state index contributed by atoms with van der Waals surface area (Å²) < 4.78 is 2.08. The van der Waals surface area contributed by atoms with E-state index in [0.717, 1.165) is 5.56 Å². The first-order valence-electron chi connectivity index (χ1n) is 4.53. The standard InChI is InChI=1S/C11H13N3/c1-14-5-4-9-6-8(7-11(12)13)2-3-10(9)14/h2-6H,7H2,1H3,(H3,12,13). The van der Waals surface area contributed by atoms with Crippen molar-refractivity contribution in [2.45, 2.75) is 6.42 Å². The molecule has 0 radical (unpaired) electrons. The lowest BCUT2D eigenvalue weighted by molar-refractivity contribution is 0.969. The molecule has 0 saturated heterocycles. The molecule has 0 aliphatic carbocycles. The lowest BCUT2D eigenvalue weighted by atomic mass is 10.1. The molecule has 0 fully saturated rings. The number of nitrogens with two attached hydrogens (primary N) is 1. The second kappa shape index (κ2) is 3.18. The van der Waals surface area contributed by atoms with Crippen LogP contribution in [0.15, 0.2) is 30.5 Å². The van der Waals surface area contributed by atoms with Crippen LogP contribution in [0.25, 0.3) is 10.9 Å². The predicted octanol–water partition coefficient (Wildman–Crippen LogP) is 1.66. The minimum absolute atomic E-state index is 0.209. The van der Waals surface area contributed by atoms with Crippen LogP contribution < -0.4 is 5.73 Å². The van der Waals surface area contributed by atoms with E-state index in [2.05, 4.69) is 22.8 Å². The van der Waals surface area contributed by atoms with Crippen molar-refractivity contribution in [2.75, 3.05) is 0 Å². The normalized spacial score (nSPS) is 10.6. The Labute approximate surface area is 82.7 Å². The van der Waals surface area contributed by atoms with Crippen molar-refractivity contribution < 1.29 is 0 Å². The maximum absolute atomic E-state index is 7.22. The summed E-state index contributed by atoms with van der Waals surface area (Å²) in [5.41, 5.74) is 7.65. The first-order valence-corrected chi connectivity index (χ1v) is 4.53. The average Bonchev–Trinajstić information content (AvgIpc) is 2.46. The number of aryl methyl sites for hydroxylation is 1. The number of hydrogen-bond acceptors (Lipinski definition) is 1. The van der Waals surface area contributed by atoms with Gasteiger partial charge in [-0.05, 0) is 29.1 Å². The lowest BCUT2D eigenvalue weighted by Gasteiger charge is -2.00. The Hall–Kier alpha value is -1.77. The summed E-state index contributed by atoms with van der Waals surface area (Å²) in [5.74, 6) is 0.209. The van der Waals surface area contributed by atoms with Gasteiger partial charge in [0.05, 0.1) is 5.84 Å². The van der Waals surface area contributed by atoms with Crippen molar-refractivity contribution in [1.82, 2.24) is 4.57 Å². The molecule has 3 nitrogen and oxygen atoms in total. The fourth-order valence-corrected chi connectivity index (χ4v) is 1.66. The number of amidine groups is 1. The molecule has 0 bridgehead atoms. The lowest BCUT2D eigenvalue weighted by Crippen LogP contribution is -2.12. The van der Waals surface area contributed by atoms with Crippen LogP contribution in [0.5, 0.6) is 0 Å². The largest absolute Gasteiger partial charge is 0.387 e. The second-order valence-electron chi connectivity index (χ2n) is 3.52. The number of nitrogens with one attached hydrogen (secondary N) is 1. The van der Waals surface area contributed by atoms with Gasteiger partial charge < -0.3 is 10.3 Å². The van der Waals surface area contributed by atoms with E-state index in [1.54, 1.807) is 0 Å². The molecular weight excluding hydrogens is 174 g/mol. The number of nitrogens with zero attached hydrogens (tertiary/aromatic N) is 1. The molecule has 0 atom stereocenters. The predicted molar refractivity (Wildman–Crippen MR) is 58.5 cm³/mol. The minimum Gasteiger partial charge on any atom is -0.387 e. The summed E-state index contributed by atoms with van der Waals surface area (Å²) in [7, 11) is 2.02. The van der Waals surface area contributed by atoms with Gasteiger partial charge in [0.2, 0.25) is 0 Å². The van der Waals surface area contributed by atoms with Gasteiger partial charge in [-0.25, -0.2) is 0 Å². The molecule has 2 rings (SSSR count). The van der Waals surface area contributed by atoms with E-state index in [1.165, 1.54) is 10.9 Å². The Kier molecular flexibility index (Phi) is 2.00. The SMILES string of the molecule is Cn1ccc2cc(CC(=N)N)ccc21. The Morgan fingerprint density at radius 3 is 2.93 bits per heavy atom. The summed E-state index contributed by atoms with van der Waals surface area (Å²) in [5, 5.41) is 8.42. The fraction of sp³-hybridized carbons (Fsp3) is 0.182. The highest BCUT2D eigenvalue weighted by Gasteiger charge is 2.00. The van der Waals surface area contributed by atoms with Crippen LogP contribution in [0, 0.1) is 5.41 Å². The van der Waals surface area contributed by atoms with Gasteiger partial charge in [0.25, 0.3) is 0 Å². The number of aromatic nitrogens is 1. The van der Waals surface area contributed by atoms with Crippen LogP contribution in [-0.4, -0.2) is 10.4 Å². The molecule has 0 aliphatic heterocycles. The molecule has 2 aromatic rings. The summed E-state index contributed by atoms with van der Waals surface area (Å²) >= 11 is 0. The van der Waals surface area contributed by atoms with Gasteiger partial charge in [0.15, 0.2) is 0 Å². The molecule has 14 heavy (non-hydrogen) atoms. The van der Waals surface area contributed by atoms with Gasteiger partial charge in [0.1, 0.15) is 0 Å². The quantitative estimate of drug-likeness (QED) is 0.545. The van der Waals surface area contributed by atoms with Crippen LogP contribution in [0.4, 0.5) is 0 Å². The highest BCUT2D eigenvalue weighted by molar-refractivity contribution is 5.84. The van der Waals surface area contributed by atoms with E-state index in [-0.39, 0.29) is 5.84 Å². The number of fused-ring (bicyclic) bond motifs is 1. The zero-order valence-corrected chi connectivity index (χ0v) is 8.12. The topological polar surface area (TPSA) is 54.8 Å². The molecule has 3 heteroatoms. The van der Waals surface area contributed by atoms with Gasteiger partial charge in [-0.1, -0.05) is 6.07 Å². The van der Waals surface area contributed by atoms with Gasteiger partial charge in [0, 0.05) is 25.2 Å². The fourth-order valence-electron chi connectivity index (χ4n) is 1.66. The Morgan fingerprint density at radius 1 is 1.43 bits per heavy atom. The highest BCUT2D eigenvalue weighted by Crippen LogP contribution is 2.16. The van der Waals surface area contributed by atoms with E-state index in [4.69, 9.17) is 11.1 Å². The van der Waals surface area contributed by atoms with E-state index in [9.17, 15) is 0 Å². The van der Waals surface area contributed by atoms with Crippen LogP contribution >= 0.6 is 0 Å². The van der Waals surface area contributed by atoms with Crippen molar-refractivity contribution in [3.63, 3.8) is 0 Å². The number of benzene rings is 1. The average molecular weight is 187 g/mol. The summed E-state index contributed by atoms with van der Waals surface area (Å²) in [6.07, 6.45) is 2.56. The molecule has 3 N–H and O–H groups in total. The third-order valence-corrected chi connectivity index (χ3v) is 2.34. The third kappa shape index (κ3) is 1.48. The van der Waals surface area contributed by atoms with Crippen molar-refractivity contribution in [2.24, 2.45) is 12.8 Å². The van der Waals surface area contributed by atoms with Gasteiger partial charge in [-0.15, -0.1) is 0 Å². The van der Waals surface area contributed by atoms with Crippen molar-refractivity contribution >= 4 is 16.7 Å². The van der Waals surface area contributed by atoms with Crippen molar-refractivity contribution in [3.05, 3.63) is 36.0 Å². The number of hydrogen-bond donors (Lipinski definition) is 2.